The van der Waals surface area contributed by atoms with Gasteiger partial charge in [0.15, 0.2) is 0 Å². The van der Waals surface area contributed by atoms with Crippen LogP contribution in [0.15, 0.2) is 12.1 Å². The van der Waals surface area contributed by atoms with E-state index in [1.54, 1.807) is 0 Å². The average molecular weight is 225 g/mol. The lowest BCUT2D eigenvalue weighted by Crippen LogP contribution is -2.15. The molecule has 1 N–H and O–H groups in total. The summed E-state index contributed by atoms with van der Waals surface area (Å²) in [5.74, 6) is 0.503. The summed E-state index contributed by atoms with van der Waals surface area (Å²) in [6.45, 7) is 4.38. The summed E-state index contributed by atoms with van der Waals surface area (Å²) >= 11 is 6.12. The smallest absolute Gasteiger partial charge is 0.0716 e. The van der Waals surface area contributed by atoms with Gasteiger partial charge in [-0.15, -0.1) is 0 Å². The molecule has 0 aliphatic rings. The topological polar surface area (TPSA) is 12.0 Å². The number of rotatable bonds is 3. The third-order valence-corrected chi connectivity index (χ3v) is 3.30. The van der Waals surface area contributed by atoms with Crippen LogP contribution in [0.2, 0.25) is 5.02 Å². The van der Waals surface area contributed by atoms with Crippen LogP contribution >= 0.6 is 11.6 Å². The Labute approximate surface area is 94.3 Å². The molecule has 0 saturated heterocycles. The second-order valence-electron chi connectivity index (χ2n) is 3.44. The normalized spacial score (nSPS) is 12.6. The fourth-order valence-corrected chi connectivity index (χ4v) is 2.28. The summed E-state index contributed by atoms with van der Waals surface area (Å²) in [4.78, 5) is 0. The summed E-state index contributed by atoms with van der Waals surface area (Å²) in [5, 5.41) is 5.06. The number of nitrogens with one attached hydrogen (secondary N) is 1. The maximum atomic E-state index is 6.12. The molecule has 1 unspecified atom stereocenters. The molecule has 1 rings (SSSR count). The van der Waals surface area contributed by atoms with E-state index in [9.17, 15) is 0 Å². The Morgan fingerprint density at radius 2 is 2.14 bits per heavy atom. The van der Waals surface area contributed by atoms with Gasteiger partial charge in [0, 0.05) is 7.05 Å². The molecule has 0 aliphatic heterocycles. The molecule has 0 saturated carbocycles. The van der Waals surface area contributed by atoms with E-state index in [4.69, 9.17) is 11.6 Å². The highest BCUT2D eigenvalue weighted by Crippen LogP contribution is 2.30. The third kappa shape index (κ3) is 2.12. The molecule has 1 aromatic rings. The maximum absolute atomic E-state index is 6.12. The predicted molar refractivity (Wildman–Crippen MR) is 65.1 cm³/mol. The van der Waals surface area contributed by atoms with E-state index in [-0.39, 0.29) is 0 Å². The fourth-order valence-electron chi connectivity index (χ4n) is 1.56. The number of benzene rings is 1. The van der Waals surface area contributed by atoms with Gasteiger partial charge in [-0.1, -0.05) is 36.7 Å². The Morgan fingerprint density at radius 3 is 2.64 bits per heavy atom. The van der Waals surface area contributed by atoms with Gasteiger partial charge in [0.05, 0.1) is 21.0 Å². The van der Waals surface area contributed by atoms with Gasteiger partial charge >= 0.3 is 0 Å². The van der Waals surface area contributed by atoms with Crippen LogP contribution in [0.4, 0.5) is 5.69 Å². The van der Waals surface area contributed by atoms with Gasteiger partial charge in [0.25, 0.3) is 0 Å². The van der Waals surface area contributed by atoms with Crippen molar-refractivity contribution in [2.45, 2.75) is 26.2 Å². The number of hydrogen-bond acceptors (Lipinski definition) is 1. The molecule has 3 radical (unpaired) electrons. The Bertz CT molecular complexity index is 325. The van der Waals surface area contributed by atoms with E-state index in [2.05, 4.69) is 29.4 Å². The van der Waals surface area contributed by atoms with Crippen LogP contribution in [0.3, 0.4) is 0 Å². The van der Waals surface area contributed by atoms with Crippen LogP contribution in [-0.2, 0) is 0 Å². The van der Waals surface area contributed by atoms with Gasteiger partial charge in [-0.25, -0.2) is 0 Å². The van der Waals surface area contributed by atoms with Crippen LogP contribution in [0.5, 0.6) is 0 Å². The highest BCUT2D eigenvalue weighted by Gasteiger charge is 2.13. The lowest BCUT2D eigenvalue weighted by molar-refractivity contribution is 0.739. The van der Waals surface area contributed by atoms with Gasteiger partial charge in [-0.05, 0) is 24.0 Å². The van der Waals surface area contributed by atoms with E-state index < -0.39 is 0 Å². The minimum Gasteiger partial charge on any atom is -0.387 e. The fraction of sp³-hybridized carbons (Fsp3) is 0.455. The molecule has 0 aromatic heterocycles. The van der Waals surface area contributed by atoms with Crippen LogP contribution in [0.25, 0.3) is 0 Å². The zero-order chi connectivity index (χ0) is 10.7. The summed E-state index contributed by atoms with van der Waals surface area (Å²) in [7, 11) is 5.52. The first kappa shape index (κ1) is 11.6. The Balaban J connectivity index is 3.29. The van der Waals surface area contributed by atoms with Gasteiger partial charge in [0.2, 0.25) is 0 Å². The molecular formula is C11H15ClNSi. The molecule has 75 valence electrons. The van der Waals surface area contributed by atoms with Crippen molar-refractivity contribution in [2.24, 2.45) is 0 Å². The SMILES string of the molecule is CCC(C)c1c([Si])ccc(Cl)c1NC. The second-order valence-corrected chi connectivity index (χ2v) is 4.39. The van der Waals surface area contributed by atoms with Crippen molar-refractivity contribution in [2.75, 3.05) is 12.4 Å². The molecule has 0 amide bonds. The Kier molecular flexibility index (Phi) is 4.02. The summed E-state index contributed by atoms with van der Waals surface area (Å²) < 4.78 is 0. The summed E-state index contributed by atoms with van der Waals surface area (Å²) in [5.41, 5.74) is 2.30. The maximum Gasteiger partial charge on any atom is 0.0716 e. The van der Waals surface area contributed by atoms with E-state index in [0.29, 0.717) is 5.92 Å². The number of anilines is 1. The van der Waals surface area contributed by atoms with Crippen LogP contribution in [0.1, 0.15) is 31.7 Å². The van der Waals surface area contributed by atoms with Crippen molar-refractivity contribution in [1.29, 1.82) is 0 Å². The van der Waals surface area contributed by atoms with Crippen LogP contribution in [0, 0.1) is 0 Å². The molecular weight excluding hydrogens is 210 g/mol. The average Bonchev–Trinajstić information content (AvgIpc) is 2.19. The number of halogens is 1. The minimum atomic E-state index is 0.503. The van der Waals surface area contributed by atoms with E-state index in [0.717, 1.165) is 22.3 Å². The molecule has 0 heterocycles. The first-order chi connectivity index (χ1) is 6.61. The molecule has 0 aliphatic carbocycles. The van der Waals surface area contributed by atoms with Crippen molar-refractivity contribution < 1.29 is 0 Å². The molecule has 1 aromatic carbocycles. The first-order valence-corrected chi connectivity index (χ1v) is 5.71. The molecule has 1 atom stereocenters. The van der Waals surface area contributed by atoms with Gasteiger partial charge in [0.1, 0.15) is 0 Å². The van der Waals surface area contributed by atoms with Crippen LogP contribution < -0.4 is 10.5 Å². The molecule has 14 heavy (non-hydrogen) atoms. The highest BCUT2D eigenvalue weighted by atomic mass is 35.5. The molecule has 0 fully saturated rings. The van der Waals surface area contributed by atoms with Crippen molar-refractivity contribution in [1.82, 2.24) is 0 Å². The first-order valence-electron chi connectivity index (χ1n) is 4.83. The zero-order valence-electron chi connectivity index (χ0n) is 8.82. The third-order valence-electron chi connectivity index (χ3n) is 2.55. The summed E-state index contributed by atoms with van der Waals surface area (Å²) in [6.07, 6.45) is 1.10. The molecule has 1 nitrogen and oxygen atoms in total. The van der Waals surface area contributed by atoms with Gasteiger partial charge in [-0.3, -0.25) is 0 Å². The second kappa shape index (κ2) is 4.85. The van der Waals surface area contributed by atoms with Gasteiger partial charge < -0.3 is 5.32 Å². The van der Waals surface area contributed by atoms with Gasteiger partial charge in [-0.2, -0.15) is 0 Å². The lowest BCUT2D eigenvalue weighted by Gasteiger charge is -2.18. The summed E-state index contributed by atoms with van der Waals surface area (Å²) in [6, 6.07) is 3.91. The van der Waals surface area contributed by atoms with Crippen molar-refractivity contribution >= 4 is 32.7 Å². The zero-order valence-corrected chi connectivity index (χ0v) is 10.6. The standard InChI is InChI=1S/C11H15ClNSi/c1-4-7(2)10-9(14)6-5-8(12)11(10)13-3/h5-7,13H,4H2,1-3H3. The highest BCUT2D eigenvalue weighted by molar-refractivity contribution is 6.37. The molecule has 0 spiro atoms. The van der Waals surface area contributed by atoms with Crippen molar-refractivity contribution in [3.8, 4) is 0 Å². The van der Waals surface area contributed by atoms with E-state index in [1.165, 1.54) is 5.56 Å². The van der Waals surface area contributed by atoms with Crippen molar-refractivity contribution in [3.63, 3.8) is 0 Å². The Hall–Kier alpha value is -0.473. The minimum absolute atomic E-state index is 0.503. The quantitative estimate of drug-likeness (QED) is 0.779. The lowest BCUT2D eigenvalue weighted by atomic mass is 9.96. The Morgan fingerprint density at radius 1 is 1.50 bits per heavy atom. The molecule has 3 heteroatoms. The number of hydrogen-bond donors (Lipinski definition) is 1. The monoisotopic (exact) mass is 224 g/mol. The predicted octanol–water partition coefficient (Wildman–Crippen LogP) is 2.69. The van der Waals surface area contributed by atoms with Crippen LogP contribution in [-0.4, -0.2) is 17.3 Å². The van der Waals surface area contributed by atoms with Crippen molar-refractivity contribution in [3.05, 3.63) is 22.7 Å². The van der Waals surface area contributed by atoms with E-state index >= 15 is 0 Å². The van der Waals surface area contributed by atoms with E-state index in [1.807, 2.05) is 19.2 Å². The largest absolute Gasteiger partial charge is 0.387 e. The molecule has 0 bridgehead atoms.